The van der Waals surface area contributed by atoms with Gasteiger partial charge >= 0.3 is 12.4 Å². The van der Waals surface area contributed by atoms with Crippen molar-refractivity contribution in [3.05, 3.63) is 59.2 Å². The average molecular weight is 568 g/mol. The summed E-state index contributed by atoms with van der Waals surface area (Å²) in [6.07, 6.45) is -12.7. The van der Waals surface area contributed by atoms with E-state index in [0.717, 1.165) is 11.2 Å². The maximum Gasteiger partial charge on any atom is 0.430 e. The van der Waals surface area contributed by atoms with E-state index < -0.39 is 57.3 Å². The number of anilines is 1. The van der Waals surface area contributed by atoms with Crippen molar-refractivity contribution in [3.63, 3.8) is 0 Å². The van der Waals surface area contributed by atoms with Gasteiger partial charge in [-0.25, -0.2) is 8.42 Å². The number of nitrogens with one attached hydrogen (secondary N) is 1. The fourth-order valence-electron chi connectivity index (χ4n) is 4.01. The summed E-state index contributed by atoms with van der Waals surface area (Å²) in [6, 6.07) is 4.51. The number of halogens is 6. The number of rotatable bonds is 6. The Labute approximate surface area is 212 Å². The molecule has 1 heterocycles. The Morgan fingerprint density at radius 2 is 1.61 bits per heavy atom. The van der Waals surface area contributed by atoms with Crippen molar-refractivity contribution in [3.8, 4) is 0 Å². The van der Waals surface area contributed by atoms with Gasteiger partial charge in [0.15, 0.2) is 9.84 Å². The third-order valence-electron chi connectivity index (χ3n) is 6.08. The molecule has 15 heteroatoms. The van der Waals surface area contributed by atoms with Crippen molar-refractivity contribution in [2.75, 3.05) is 11.6 Å². The highest BCUT2D eigenvalue weighted by molar-refractivity contribution is 7.90. The smallest absolute Gasteiger partial charge is 0.383 e. The number of carbonyl (C=O) groups is 2. The van der Waals surface area contributed by atoms with Crippen molar-refractivity contribution in [2.45, 2.75) is 54.9 Å². The van der Waals surface area contributed by atoms with E-state index in [0.29, 0.717) is 29.8 Å². The van der Waals surface area contributed by atoms with Gasteiger partial charge in [-0.2, -0.15) is 26.3 Å². The molecule has 0 bridgehead atoms. The molecule has 208 valence electrons. The highest BCUT2D eigenvalue weighted by Gasteiger charge is 2.71. The monoisotopic (exact) mass is 568 g/mol. The number of hydrogen-bond donors (Lipinski definition) is 3. The number of aliphatic hydroxyl groups excluding tert-OH is 1. The third-order valence-corrected chi connectivity index (χ3v) is 7.19. The van der Waals surface area contributed by atoms with Gasteiger partial charge in [-0.15, -0.1) is 0 Å². The van der Waals surface area contributed by atoms with Crippen LogP contribution < -0.4 is 5.32 Å². The number of fused-ring (bicyclic) bond motifs is 1. The summed E-state index contributed by atoms with van der Waals surface area (Å²) >= 11 is 0. The molecule has 0 spiro atoms. The number of carbonyl (C=O) groups excluding carboxylic acids is 2. The van der Waals surface area contributed by atoms with Gasteiger partial charge in [0.1, 0.15) is 12.1 Å². The normalized spacial score (nSPS) is 17.2. The lowest BCUT2D eigenvalue weighted by Gasteiger charge is -2.32. The molecule has 0 radical (unpaired) electrons. The molecule has 8 nitrogen and oxygen atoms in total. The largest absolute Gasteiger partial charge is 0.430 e. The quantitative estimate of drug-likeness (QED) is 0.460. The van der Waals surface area contributed by atoms with Crippen LogP contribution in [0.25, 0.3) is 0 Å². The fraction of sp³-hybridized carbons (Fsp3) is 0.391. The SMILES string of the molecule is CCC(O)C(=O)N1Cc2cc(S(C)(=O)=O)ccc2[C@H]1C(=O)Nc1ccc(C(O)(C(F)(F)F)C(F)(F)F)cc1. The minimum Gasteiger partial charge on any atom is -0.383 e. The van der Waals surface area contributed by atoms with E-state index in [9.17, 15) is 54.6 Å². The molecular weight excluding hydrogens is 546 g/mol. The number of hydrogen-bond acceptors (Lipinski definition) is 6. The van der Waals surface area contributed by atoms with E-state index >= 15 is 0 Å². The maximum absolute atomic E-state index is 13.2. The summed E-state index contributed by atoms with van der Waals surface area (Å²) in [7, 11) is -3.64. The Bertz CT molecular complexity index is 1330. The van der Waals surface area contributed by atoms with Crippen LogP contribution >= 0.6 is 0 Å². The topological polar surface area (TPSA) is 124 Å². The molecule has 0 aliphatic carbocycles. The van der Waals surface area contributed by atoms with Crippen molar-refractivity contribution in [2.24, 2.45) is 0 Å². The molecule has 0 fully saturated rings. The lowest BCUT2D eigenvalue weighted by Crippen LogP contribution is -2.53. The van der Waals surface area contributed by atoms with E-state index in [2.05, 4.69) is 5.32 Å². The van der Waals surface area contributed by atoms with Gasteiger partial charge in [0.25, 0.3) is 17.4 Å². The molecule has 3 N–H and O–H groups in total. The molecule has 1 aliphatic rings. The average Bonchev–Trinajstić information content (AvgIpc) is 3.20. The number of nitrogens with zero attached hydrogens (tertiary/aromatic N) is 1. The first-order valence-electron chi connectivity index (χ1n) is 10.9. The Kier molecular flexibility index (Phi) is 7.62. The maximum atomic E-state index is 13.2. The molecule has 2 amide bonds. The van der Waals surface area contributed by atoms with Crippen LogP contribution in [0.4, 0.5) is 32.0 Å². The van der Waals surface area contributed by atoms with Crippen LogP contribution in [-0.4, -0.2) is 60.1 Å². The highest BCUT2D eigenvalue weighted by Crippen LogP contribution is 2.50. The van der Waals surface area contributed by atoms with Gasteiger partial charge < -0.3 is 20.4 Å². The Morgan fingerprint density at radius 3 is 2.08 bits per heavy atom. The third kappa shape index (κ3) is 5.22. The number of amides is 2. The van der Waals surface area contributed by atoms with Gasteiger partial charge in [-0.05, 0) is 41.8 Å². The van der Waals surface area contributed by atoms with Gasteiger partial charge in [-0.3, -0.25) is 9.59 Å². The Morgan fingerprint density at radius 1 is 1.05 bits per heavy atom. The number of sulfone groups is 1. The molecule has 2 atom stereocenters. The second-order valence-corrected chi connectivity index (χ2v) is 10.7. The van der Waals surface area contributed by atoms with Gasteiger partial charge in [0.05, 0.1) is 4.90 Å². The van der Waals surface area contributed by atoms with Crippen LogP contribution in [-0.2, 0) is 31.6 Å². The van der Waals surface area contributed by atoms with E-state index in [4.69, 9.17) is 0 Å². The van der Waals surface area contributed by atoms with Crippen molar-refractivity contribution >= 4 is 27.3 Å². The lowest BCUT2D eigenvalue weighted by atomic mass is 9.92. The fourth-order valence-corrected chi connectivity index (χ4v) is 4.68. The van der Waals surface area contributed by atoms with E-state index in [1.807, 2.05) is 0 Å². The van der Waals surface area contributed by atoms with Crippen molar-refractivity contribution in [1.29, 1.82) is 0 Å². The predicted molar refractivity (Wildman–Crippen MR) is 120 cm³/mol. The van der Waals surface area contributed by atoms with Crippen LogP contribution in [0.1, 0.15) is 36.1 Å². The van der Waals surface area contributed by atoms with Gasteiger partial charge in [-0.1, -0.05) is 25.1 Å². The zero-order valence-corrected chi connectivity index (χ0v) is 20.6. The first kappa shape index (κ1) is 29.4. The van der Waals surface area contributed by atoms with Gasteiger partial charge in [0, 0.05) is 24.1 Å². The molecule has 2 aromatic rings. The first-order chi connectivity index (χ1) is 17.3. The van der Waals surface area contributed by atoms with Crippen LogP contribution in [0.3, 0.4) is 0 Å². The second kappa shape index (κ2) is 9.85. The summed E-state index contributed by atoms with van der Waals surface area (Å²) in [5.74, 6) is -1.78. The molecular formula is C23H22F6N2O6S. The summed E-state index contributed by atoms with van der Waals surface area (Å²) in [4.78, 5) is 26.8. The zero-order chi connectivity index (χ0) is 28.8. The molecule has 0 saturated heterocycles. The van der Waals surface area contributed by atoms with Crippen LogP contribution in [0.2, 0.25) is 0 Å². The van der Waals surface area contributed by atoms with Crippen LogP contribution in [0.5, 0.6) is 0 Å². The first-order valence-corrected chi connectivity index (χ1v) is 12.8. The van der Waals surface area contributed by atoms with E-state index in [-0.39, 0.29) is 29.1 Å². The van der Waals surface area contributed by atoms with E-state index in [1.54, 1.807) is 0 Å². The minimum atomic E-state index is -6.09. The van der Waals surface area contributed by atoms with E-state index in [1.165, 1.54) is 25.1 Å². The number of alkyl halides is 6. The summed E-state index contributed by atoms with van der Waals surface area (Å²) in [5, 5.41) is 21.9. The van der Waals surface area contributed by atoms with Crippen LogP contribution in [0, 0.1) is 0 Å². The molecule has 38 heavy (non-hydrogen) atoms. The van der Waals surface area contributed by atoms with Crippen molar-refractivity contribution in [1.82, 2.24) is 4.90 Å². The summed E-state index contributed by atoms with van der Waals surface area (Å²) < 4.78 is 103. The number of benzene rings is 2. The number of aliphatic hydroxyl groups is 2. The van der Waals surface area contributed by atoms with Crippen molar-refractivity contribution < 1.29 is 54.6 Å². The molecule has 1 unspecified atom stereocenters. The van der Waals surface area contributed by atoms with Crippen LogP contribution in [0.15, 0.2) is 47.4 Å². The summed E-state index contributed by atoms with van der Waals surface area (Å²) in [5.41, 5.74) is -6.43. The molecule has 2 aromatic carbocycles. The summed E-state index contributed by atoms with van der Waals surface area (Å²) in [6.45, 7) is 1.27. The highest BCUT2D eigenvalue weighted by atomic mass is 32.2. The Hall–Kier alpha value is -3.17. The predicted octanol–water partition coefficient (Wildman–Crippen LogP) is 3.20. The zero-order valence-electron chi connectivity index (χ0n) is 19.8. The molecule has 1 aliphatic heterocycles. The standard InChI is InChI=1S/C23H22F6N2O6S/c1-3-17(32)20(34)31-11-12-10-15(38(2,36)37)8-9-16(12)18(31)19(33)30-14-6-4-13(5-7-14)21(35,22(24,25)26)23(27,28)29/h4-10,17-18,32,35H,3,11H2,1-2H3,(H,30,33)/t17?,18-/m0/s1. The minimum absolute atomic E-state index is 0.00259. The Balaban J connectivity index is 1.96. The molecule has 3 rings (SSSR count). The van der Waals surface area contributed by atoms with Gasteiger partial charge in [0.2, 0.25) is 0 Å². The lowest BCUT2D eigenvalue weighted by molar-refractivity contribution is -0.376. The molecule has 0 aromatic heterocycles. The second-order valence-electron chi connectivity index (χ2n) is 8.70. The molecule has 0 saturated carbocycles.